The summed E-state index contributed by atoms with van der Waals surface area (Å²) in [4.78, 5) is 14.9. The number of nitrogens with two attached hydrogens (primary N) is 1. The largest absolute Gasteiger partial charge is 0.478 e. The summed E-state index contributed by atoms with van der Waals surface area (Å²) in [6, 6.07) is 10.0. The second-order valence-electron chi connectivity index (χ2n) is 4.54. The molecule has 3 aromatic rings. The summed E-state index contributed by atoms with van der Waals surface area (Å²) >= 11 is 1.03. The Morgan fingerprint density at radius 3 is 2.45 bits per heavy atom. The molecular weight excluding hydrogens is 324 g/mol. The summed E-state index contributed by atoms with van der Waals surface area (Å²) < 4.78 is 25.7. The van der Waals surface area contributed by atoms with Crippen molar-refractivity contribution < 1.29 is 18.3 Å². The van der Waals surface area contributed by atoms with Crippen molar-refractivity contribution in [2.75, 3.05) is 5.73 Å². The second kappa shape index (κ2) is 5.08. The summed E-state index contributed by atoms with van der Waals surface area (Å²) in [6.07, 6.45) is 0. The maximum absolute atomic E-state index is 12.5. The average Bonchev–Trinajstić information content (AvgIpc) is 2.91. The number of carbonyl (C=O) groups is 1. The second-order valence-corrected chi connectivity index (χ2v) is 7.69. The monoisotopic (exact) mass is 334 g/mol. The van der Waals surface area contributed by atoms with Crippen LogP contribution in [0.2, 0.25) is 0 Å². The van der Waals surface area contributed by atoms with Gasteiger partial charge >= 0.3 is 5.97 Å². The summed E-state index contributed by atoms with van der Waals surface area (Å²) in [5, 5.41) is 8.85. The van der Waals surface area contributed by atoms with Gasteiger partial charge in [-0.25, -0.2) is 18.2 Å². The first-order valence-corrected chi connectivity index (χ1v) is 8.42. The van der Waals surface area contributed by atoms with Crippen LogP contribution in [0.1, 0.15) is 10.4 Å². The van der Waals surface area contributed by atoms with Crippen LogP contribution in [-0.4, -0.2) is 24.5 Å². The number of aromatic carboxylic acids is 1. The van der Waals surface area contributed by atoms with Crippen LogP contribution in [0, 0.1) is 0 Å². The van der Waals surface area contributed by atoms with E-state index < -0.39 is 15.8 Å². The molecule has 3 N–H and O–H groups in total. The third-order valence-electron chi connectivity index (χ3n) is 3.03. The fourth-order valence-corrected chi connectivity index (χ4v) is 4.57. The minimum absolute atomic E-state index is 0.00419. The van der Waals surface area contributed by atoms with Crippen molar-refractivity contribution in [3.05, 3.63) is 48.0 Å². The number of nitrogens with zero attached hydrogens (tertiary/aromatic N) is 1. The van der Waals surface area contributed by atoms with E-state index in [1.165, 1.54) is 24.3 Å². The number of carboxylic acid groups (broad SMARTS) is 1. The van der Waals surface area contributed by atoms with Crippen LogP contribution in [0.25, 0.3) is 10.2 Å². The maximum atomic E-state index is 12.5. The van der Waals surface area contributed by atoms with Crippen LogP contribution in [-0.2, 0) is 9.84 Å². The summed E-state index contributed by atoms with van der Waals surface area (Å²) in [5.74, 6) is -1.11. The molecule has 0 fully saturated rings. The highest BCUT2D eigenvalue weighted by Gasteiger charge is 2.22. The Morgan fingerprint density at radius 2 is 1.82 bits per heavy atom. The number of nitrogen functional groups attached to an aromatic ring is 1. The molecule has 0 atom stereocenters. The third-order valence-corrected chi connectivity index (χ3v) is 6.20. The highest BCUT2D eigenvalue weighted by Crippen LogP contribution is 2.30. The highest BCUT2D eigenvalue weighted by atomic mass is 32.2. The predicted octanol–water partition coefficient (Wildman–Crippen LogP) is 2.41. The fourth-order valence-electron chi connectivity index (χ4n) is 1.91. The molecule has 3 rings (SSSR count). The van der Waals surface area contributed by atoms with E-state index in [1.807, 2.05) is 0 Å². The lowest BCUT2D eigenvalue weighted by Gasteiger charge is -2.01. The number of carboxylic acids is 1. The van der Waals surface area contributed by atoms with Gasteiger partial charge in [-0.1, -0.05) is 0 Å². The maximum Gasteiger partial charge on any atom is 0.335 e. The molecule has 0 saturated carbocycles. The first-order valence-electron chi connectivity index (χ1n) is 6.12. The number of benzene rings is 2. The molecule has 8 heteroatoms. The van der Waals surface area contributed by atoms with Crippen LogP contribution in [0.3, 0.4) is 0 Å². The smallest absolute Gasteiger partial charge is 0.335 e. The Morgan fingerprint density at radius 1 is 1.14 bits per heavy atom. The number of rotatable bonds is 3. The van der Waals surface area contributed by atoms with E-state index in [2.05, 4.69) is 4.98 Å². The lowest BCUT2D eigenvalue weighted by molar-refractivity contribution is 0.0696. The number of hydrogen-bond acceptors (Lipinski definition) is 6. The van der Waals surface area contributed by atoms with Crippen molar-refractivity contribution in [2.24, 2.45) is 0 Å². The standard InChI is InChI=1S/C14H10N2O4S2/c15-9-3-6-11-12(7-9)21-14(16-11)22(19,20)10-4-1-8(2-5-10)13(17)18/h1-7H,15H2,(H,17,18). The van der Waals surface area contributed by atoms with Crippen LogP contribution in [0.4, 0.5) is 5.69 Å². The van der Waals surface area contributed by atoms with E-state index in [1.54, 1.807) is 18.2 Å². The zero-order valence-electron chi connectivity index (χ0n) is 11.1. The number of sulfone groups is 1. The average molecular weight is 334 g/mol. The first-order chi connectivity index (χ1) is 10.4. The van der Waals surface area contributed by atoms with Crippen LogP contribution >= 0.6 is 11.3 Å². The molecule has 0 aliphatic heterocycles. The normalized spacial score (nSPS) is 11.6. The van der Waals surface area contributed by atoms with E-state index in [0.717, 1.165) is 11.3 Å². The van der Waals surface area contributed by atoms with Gasteiger partial charge in [0, 0.05) is 5.69 Å². The Labute approximate surface area is 129 Å². The number of hydrogen-bond donors (Lipinski definition) is 2. The van der Waals surface area contributed by atoms with Crippen molar-refractivity contribution in [3.8, 4) is 0 Å². The Bertz CT molecular complexity index is 976. The zero-order chi connectivity index (χ0) is 15.9. The SMILES string of the molecule is Nc1ccc2nc(S(=O)(=O)c3ccc(C(=O)O)cc3)sc2c1. The van der Waals surface area contributed by atoms with Crippen molar-refractivity contribution >= 4 is 43.0 Å². The summed E-state index contributed by atoms with van der Waals surface area (Å²) in [6.45, 7) is 0. The Hall–Kier alpha value is -2.45. The number of fused-ring (bicyclic) bond motifs is 1. The van der Waals surface area contributed by atoms with Crippen LogP contribution in [0.5, 0.6) is 0 Å². The van der Waals surface area contributed by atoms with Gasteiger partial charge in [0.1, 0.15) is 0 Å². The van der Waals surface area contributed by atoms with Crippen molar-refractivity contribution in [1.29, 1.82) is 0 Å². The molecule has 0 bridgehead atoms. The fraction of sp³-hybridized carbons (Fsp3) is 0. The quantitative estimate of drug-likeness (QED) is 0.712. The van der Waals surface area contributed by atoms with Gasteiger partial charge in [-0.15, -0.1) is 11.3 Å². The molecule has 0 unspecified atom stereocenters. The lowest BCUT2D eigenvalue weighted by Crippen LogP contribution is -2.03. The predicted molar refractivity (Wildman–Crippen MR) is 82.9 cm³/mol. The van der Waals surface area contributed by atoms with Crippen molar-refractivity contribution in [3.63, 3.8) is 0 Å². The van der Waals surface area contributed by atoms with Crippen molar-refractivity contribution in [2.45, 2.75) is 9.24 Å². The van der Waals surface area contributed by atoms with Gasteiger partial charge in [-0.3, -0.25) is 0 Å². The van der Waals surface area contributed by atoms with Gasteiger partial charge in [0.2, 0.25) is 14.2 Å². The van der Waals surface area contributed by atoms with E-state index in [-0.39, 0.29) is 14.8 Å². The van der Waals surface area contributed by atoms with Gasteiger partial charge in [-0.05, 0) is 42.5 Å². The van der Waals surface area contributed by atoms with Crippen molar-refractivity contribution in [1.82, 2.24) is 4.98 Å². The Balaban J connectivity index is 2.09. The molecule has 1 aromatic heterocycles. The van der Waals surface area contributed by atoms with Gasteiger partial charge in [0.25, 0.3) is 0 Å². The molecule has 112 valence electrons. The number of thiazole rings is 1. The van der Waals surface area contributed by atoms with E-state index in [0.29, 0.717) is 15.9 Å². The lowest BCUT2D eigenvalue weighted by atomic mass is 10.2. The van der Waals surface area contributed by atoms with Gasteiger partial charge in [0.15, 0.2) is 0 Å². The molecule has 0 spiro atoms. The molecule has 22 heavy (non-hydrogen) atoms. The van der Waals surface area contributed by atoms with E-state index in [9.17, 15) is 13.2 Å². The van der Waals surface area contributed by atoms with Gasteiger partial charge in [0.05, 0.1) is 20.7 Å². The summed E-state index contributed by atoms with van der Waals surface area (Å²) in [5.41, 5.74) is 6.78. The van der Waals surface area contributed by atoms with E-state index in [4.69, 9.17) is 10.8 Å². The third kappa shape index (κ3) is 2.42. The topological polar surface area (TPSA) is 110 Å². The van der Waals surface area contributed by atoms with E-state index >= 15 is 0 Å². The first kappa shape index (κ1) is 14.5. The molecule has 0 amide bonds. The zero-order valence-corrected chi connectivity index (χ0v) is 12.7. The molecule has 0 radical (unpaired) electrons. The highest BCUT2D eigenvalue weighted by molar-refractivity contribution is 7.93. The summed E-state index contributed by atoms with van der Waals surface area (Å²) in [7, 11) is -3.78. The molecule has 6 nitrogen and oxygen atoms in total. The molecule has 0 aliphatic carbocycles. The minimum atomic E-state index is -3.78. The van der Waals surface area contributed by atoms with Gasteiger partial charge < -0.3 is 10.8 Å². The minimum Gasteiger partial charge on any atom is -0.478 e. The number of aromatic nitrogens is 1. The molecule has 2 aromatic carbocycles. The molecule has 0 saturated heterocycles. The van der Waals surface area contributed by atoms with Gasteiger partial charge in [-0.2, -0.15) is 0 Å². The van der Waals surface area contributed by atoms with Crippen LogP contribution in [0.15, 0.2) is 51.7 Å². The molecule has 1 heterocycles. The number of anilines is 1. The molecular formula is C14H10N2O4S2. The molecule has 0 aliphatic rings. The Kier molecular flexibility index (Phi) is 3.34. The van der Waals surface area contributed by atoms with Crippen LogP contribution < -0.4 is 5.73 Å².